The number of likely N-dealkylation sites (tertiary alicyclic amines) is 1. The molecule has 1 aromatic carbocycles. The molecule has 1 aromatic heterocycles. The van der Waals surface area contributed by atoms with Crippen molar-refractivity contribution < 1.29 is 13.2 Å². The molecule has 4 rings (SSSR count). The number of nitrogens with zero attached hydrogens (tertiary/aromatic N) is 2. The molecule has 2 aromatic rings. The zero-order valence-electron chi connectivity index (χ0n) is 17.5. The smallest absolute Gasteiger partial charge is 0.270 e. The van der Waals surface area contributed by atoms with Crippen LogP contribution in [0.15, 0.2) is 29.2 Å². The molecule has 0 saturated carbocycles. The fourth-order valence-corrected chi connectivity index (χ4v) is 6.27. The Kier molecular flexibility index (Phi) is 5.46. The first kappa shape index (κ1) is 20.4. The van der Waals surface area contributed by atoms with Crippen molar-refractivity contribution in [2.75, 3.05) is 26.2 Å². The van der Waals surface area contributed by atoms with Gasteiger partial charge in [0.25, 0.3) is 5.91 Å². The van der Waals surface area contributed by atoms with Gasteiger partial charge < -0.3 is 9.88 Å². The highest BCUT2D eigenvalue weighted by Gasteiger charge is 2.29. The lowest BCUT2D eigenvalue weighted by Crippen LogP contribution is -2.42. The standard InChI is InChI=1S/C22H31N3O3S/c1-15-6-8-25(9-7-15)29(27,28)19-4-5-20-18(11-19)12-21(23-20)22(26)24-13-16(2)10-17(3)14-24/h4-5,11-12,15-17,23H,6-10,13-14H2,1-3H3. The van der Waals surface area contributed by atoms with E-state index in [1.165, 1.54) is 0 Å². The van der Waals surface area contributed by atoms with Crippen LogP contribution in [0.25, 0.3) is 10.9 Å². The van der Waals surface area contributed by atoms with E-state index in [9.17, 15) is 13.2 Å². The first-order chi connectivity index (χ1) is 13.7. The highest BCUT2D eigenvalue weighted by atomic mass is 32.2. The van der Waals surface area contributed by atoms with Crippen LogP contribution in [0.3, 0.4) is 0 Å². The number of aromatic nitrogens is 1. The number of hydrogen-bond donors (Lipinski definition) is 1. The van der Waals surface area contributed by atoms with Gasteiger partial charge in [-0.2, -0.15) is 4.31 Å². The number of hydrogen-bond acceptors (Lipinski definition) is 3. The summed E-state index contributed by atoms with van der Waals surface area (Å²) in [7, 11) is -3.50. The van der Waals surface area contributed by atoms with Crippen LogP contribution in [-0.4, -0.2) is 54.7 Å². The van der Waals surface area contributed by atoms with Gasteiger partial charge in [-0.05, 0) is 61.3 Å². The van der Waals surface area contributed by atoms with Crippen molar-refractivity contribution >= 4 is 26.8 Å². The molecule has 3 heterocycles. The van der Waals surface area contributed by atoms with E-state index in [-0.39, 0.29) is 5.91 Å². The topological polar surface area (TPSA) is 73.5 Å². The molecule has 29 heavy (non-hydrogen) atoms. The van der Waals surface area contributed by atoms with E-state index >= 15 is 0 Å². The largest absolute Gasteiger partial charge is 0.351 e. The molecule has 1 N–H and O–H groups in total. The molecule has 2 fully saturated rings. The second kappa shape index (κ2) is 7.76. The Hall–Kier alpha value is -1.86. The highest BCUT2D eigenvalue weighted by Crippen LogP contribution is 2.27. The summed E-state index contributed by atoms with van der Waals surface area (Å²) in [6.07, 6.45) is 2.95. The number of carbonyl (C=O) groups is 1. The quantitative estimate of drug-likeness (QED) is 0.827. The minimum atomic E-state index is -3.50. The normalized spacial score (nSPS) is 24.9. The van der Waals surface area contributed by atoms with E-state index in [1.807, 2.05) is 4.90 Å². The average molecular weight is 418 g/mol. The minimum Gasteiger partial charge on any atom is -0.351 e. The zero-order chi connectivity index (χ0) is 20.8. The summed E-state index contributed by atoms with van der Waals surface area (Å²) < 4.78 is 27.7. The van der Waals surface area contributed by atoms with Gasteiger partial charge in [0.05, 0.1) is 4.90 Å². The number of nitrogens with one attached hydrogen (secondary N) is 1. The molecule has 0 bridgehead atoms. The van der Waals surface area contributed by atoms with Crippen LogP contribution in [0.1, 0.15) is 50.5 Å². The molecule has 0 aliphatic carbocycles. The number of rotatable bonds is 3. The summed E-state index contributed by atoms with van der Waals surface area (Å²) in [5.41, 5.74) is 1.32. The Morgan fingerprint density at radius 2 is 1.66 bits per heavy atom. The molecular formula is C22H31N3O3S. The second-order valence-electron chi connectivity index (χ2n) is 9.17. The Balaban J connectivity index is 1.58. The first-order valence-corrected chi connectivity index (χ1v) is 12.1. The van der Waals surface area contributed by atoms with Gasteiger partial charge in [0.2, 0.25) is 10.0 Å². The number of H-pyrrole nitrogens is 1. The third kappa shape index (κ3) is 4.08. The van der Waals surface area contributed by atoms with Crippen molar-refractivity contribution in [2.24, 2.45) is 17.8 Å². The van der Waals surface area contributed by atoms with Crippen LogP contribution in [0.2, 0.25) is 0 Å². The van der Waals surface area contributed by atoms with Gasteiger partial charge in [-0.3, -0.25) is 4.79 Å². The number of sulfonamides is 1. The molecule has 2 atom stereocenters. The highest BCUT2D eigenvalue weighted by molar-refractivity contribution is 7.89. The summed E-state index contributed by atoms with van der Waals surface area (Å²) in [5.74, 6) is 1.56. The molecule has 6 nitrogen and oxygen atoms in total. The average Bonchev–Trinajstić information content (AvgIpc) is 3.10. The van der Waals surface area contributed by atoms with Crippen molar-refractivity contribution in [2.45, 2.75) is 44.9 Å². The van der Waals surface area contributed by atoms with Gasteiger partial charge in [0.1, 0.15) is 5.69 Å². The van der Waals surface area contributed by atoms with Gasteiger partial charge >= 0.3 is 0 Å². The van der Waals surface area contributed by atoms with Crippen LogP contribution in [0, 0.1) is 17.8 Å². The molecule has 2 unspecified atom stereocenters. The Morgan fingerprint density at radius 1 is 1.00 bits per heavy atom. The predicted octanol–water partition coefficient (Wildman–Crippen LogP) is 3.71. The molecule has 7 heteroatoms. The fraction of sp³-hybridized carbons (Fsp3) is 0.591. The summed E-state index contributed by atoms with van der Waals surface area (Å²) in [6, 6.07) is 6.90. The zero-order valence-corrected chi connectivity index (χ0v) is 18.3. The molecule has 2 saturated heterocycles. The van der Waals surface area contributed by atoms with E-state index in [0.717, 1.165) is 43.3 Å². The monoisotopic (exact) mass is 417 g/mol. The molecule has 0 radical (unpaired) electrons. The summed E-state index contributed by atoms with van der Waals surface area (Å²) in [4.78, 5) is 18.4. The van der Waals surface area contributed by atoms with E-state index in [4.69, 9.17) is 0 Å². The summed E-state index contributed by atoms with van der Waals surface area (Å²) in [5, 5.41) is 0.762. The van der Waals surface area contributed by atoms with Crippen molar-refractivity contribution in [3.63, 3.8) is 0 Å². The second-order valence-corrected chi connectivity index (χ2v) is 11.1. The lowest BCUT2D eigenvalue weighted by atomic mass is 9.92. The van der Waals surface area contributed by atoms with E-state index in [1.54, 1.807) is 28.6 Å². The van der Waals surface area contributed by atoms with Crippen molar-refractivity contribution in [1.82, 2.24) is 14.2 Å². The number of carbonyl (C=O) groups excluding carboxylic acids is 1. The molecule has 1 amide bonds. The lowest BCUT2D eigenvalue weighted by Gasteiger charge is -2.34. The molecule has 2 aliphatic heterocycles. The molecular weight excluding hydrogens is 386 g/mol. The van der Waals surface area contributed by atoms with Crippen LogP contribution < -0.4 is 0 Å². The maximum atomic E-state index is 13.0. The number of amides is 1. The van der Waals surface area contributed by atoms with Crippen LogP contribution in [0.4, 0.5) is 0 Å². The lowest BCUT2D eigenvalue weighted by molar-refractivity contribution is 0.0618. The van der Waals surface area contributed by atoms with Gasteiger partial charge in [-0.1, -0.05) is 20.8 Å². The molecule has 158 valence electrons. The SMILES string of the molecule is CC1CCN(S(=O)(=O)c2ccc3[nH]c(C(=O)N4CC(C)CC(C)C4)cc3c2)CC1. The minimum absolute atomic E-state index is 0.00553. The first-order valence-electron chi connectivity index (χ1n) is 10.7. The van der Waals surface area contributed by atoms with E-state index < -0.39 is 10.0 Å². The Morgan fingerprint density at radius 3 is 2.31 bits per heavy atom. The van der Waals surface area contributed by atoms with E-state index in [0.29, 0.717) is 41.4 Å². The number of benzene rings is 1. The summed E-state index contributed by atoms with van der Waals surface area (Å²) >= 11 is 0. The van der Waals surface area contributed by atoms with Crippen molar-refractivity contribution in [1.29, 1.82) is 0 Å². The van der Waals surface area contributed by atoms with Crippen molar-refractivity contribution in [3.8, 4) is 0 Å². The predicted molar refractivity (Wildman–Crippen MR) is 114 cm³/mol. The van der Waals surface area contributed by atoms with Gasteiger partial charge in [-0.15, -0.1) is 0 Å². The maximum absolute atomic E-state index is 13.0. The van der Waals surface area contributed by atoms with Crippen molar-refractivity contribution in [3.05, 3.63) is 30.0 Å². The third-order valence-electron chi connectivity index (χ3n) is 6.36. The number of fused-ring (bicyclic) bond motifs is 1. The van der Waals surface area contributed by atoms with Gasteiger partial charge in [0.15, 0.2) is 0 Å². The van der Waals surface area contributed by atoms with Crippen LogP contribution >= 0.6 is 0 Å². The summed E-state index contributed by atoms with van der Waals surface area (Å²) in [6.45, 7) is 9.21. The number of aromatic amines is 1. The third-order valence-corrected chi connectivity index (χ3v) is 8.25. The molecule has 2 aliphatic rings. The van der Waals surface area contributed by atoms with Crippen LogP contribution in [0.5, 0.6) is 0 Å². The van der Waals surface area contributed by atoms with E-state index in [2.05, 4.69) is 25.8 Å². The van der Waals surface area contributed by atoms with Crippen LogP contribution in [-0.2, 0) is 10.0 Å². The van der Waals surface area contributed by atoms with Gasteiger partial charge in [-0.25, -0.2) is 8.42 Å². The molecule has 0 spiro atoms. The van der Waals surface area contributed by atoms with Gasteiger partial charge in [0, 0.05) is 37.1 Å². The fourth-order valence-electron chi connectivity index (χ4n) is 4.76. The Labute approximate surface area is 173 Å². The maximum Gasteiger partial charge on any atom is 0.270 e. The number of piperidine rings is 2. The Bertz CT molecular complexity index is 995.